The van der Waals surface area contributed by atoms with Crippen LogP contribution in [0.4, 0.5) is 4.79 Å². The van der Waals surface area contributed by atoms with Gasteiger partial charge in [0.1, 0.15) is 11.6 Å². The Hall–Kier alpha value is -1.59. The Morgan fingerprint density at radius 2 is 2.16 bits per heavy atom. The van der Waals surface area contributed by atoms with Crippen molar-refractivity contribution in [2.75, 3.05) is 6.54 Å². The van der Waals surface area contributed by atoms with Crippen LogP contribution < -0.4 is 0 Å². The summed E-state index contributed by atoms with van der Waals surface area (Å²) in [5.74, 6) is 1.39. The summed E-state index contributed by atoms with van der Waals surface area (Å²) in [7, 11) is 0. The van der Waals surface area contributed by atoms with Gasteiger partial charge in [0.25, 0.3) is 0 Å². The second kappa shape index (κ2) is 4.83. The van der Waals surface area contributed by atoms with Gasteiger partial charge in [-0.1, -0.05) is 19.0 Å². The Morgan fingerprint density at radius 1 is 1.47 bits per heavy atom. The van der Waals surface area contributed by atoms with Gasteiger partial charge in [-0.2, -0.15) is 4.98 Å². The molecule has 2 rings (SSSR count). The van der Waals surface area contributed by atoms with Gasteiger partial charge in [0.15, 0.2) is 5.82 Å². The van der Waals surface area contributed by atoms with Gasteiger partial charge in [0, 0.05) is 12.5 Å². The van der Waals surface area contributed by atoms with Crippen molar-refractivity contribution in [1.29, 1.82) is 0 Å². The summed E-state index contributed by atoms with van der Waals surface area (Å²) in [6, 6.07) is -0.144. The molecule has 106 valence electrons. The molecule has 6 nitrogen and oxygen atoms in total. The van der Waals surface area contributed by atoms with Crippen molar-refractivity contribution in [3.63, 3.8) is 0 Å². The van der Waals surface area contributed by atoms with E-state index in [1.54, 1.807) is 4.90 Å². The van der Waals surface area contributed by atoms with Crippen molar-refractivity contribution < 1.29 is 14.1 Å². The first kappa shape index (κ1) is 13.8. The molecule has 1 unspecified atom stereocenters. The van der Waals surface area contributed by atoms with E-state index in [4.69, 9.17) is 9.26 Å². The Bertz CT molecular complexity index is 462. The molecule has 1 aromatic rings. The van der Waals surface area contributed by atoms with Gasteiger partial charge in [-0.05, 0) is 27.2 Å². The third kappa shape index (κ3) is 3.05. The highest BCUT2D eigenvalue weighted by molar-refractivity contribution is 5.69. The number of nitrogens with zero attached hydrogens (tertiary/aromatic N) is 3. The van der Waals surface area contributed by atoms with Gasteiger partial charge in [-0.15, -0.1) is 0 Å². The van der Waals surface area contributed by atoms with E-state index in [0.29, 0.717) is 18.3 Å². The van der Waals surface area contributed by atoms with Crippen molar-refractivity contribution >= 4 is 6.09 Å². The van der Waals surface area contributed by atoms with Gasteiger partial charge in [-0.25, -0.2) is 4.79 Å². The maximum atomic E-state index is 12.0. The lowest BCUT2D eigenvalue weighted by atomic mass is 10.0. The molecule has 0 radical (unpaired) electrons. The summed E-state index contributed by atoms with van der Waals surface area (Å²) in [6.07, 6.45) is 0.506. The van der Waals surface area contributed by atoms with Gasteiger partial charge < -0.3 is 9.26 Å². The molecular weight excluding hydrogens is 246 g/mol. The highest BCUT2D eigenvalue weighted by Crippen LogP contribution is 2.33. The van der Waals surface area contributed by atoms with Crippen LogP contribution in [0.5, 0.6) is 0 Å². The molecule has 2 heterocycles. The summed E-state index contributed by atoms with van der Waals surface area (Å²) in [4.78, 5) is 17.9. The van der Waals surface area contributed by atoms with Gasteiger partial charge in [0.05, 0.1) is 0 Å². The molecule has 0 aliphatic carbocycles. The molecular formula is C13H21N3O3. The van der Waals surface area contributed by atoms with E-state index in [0.717, 1.165) is 6.42 Å². The molecule has 1 aromatic heterocycles. The maximum Gasteiger partial charge on any atom is 0.410 e. The summed E-state index contributed by atoms with van der Waals surface area (Å²) in [6.45, 7) is 10.2. The first-order chi connectivity index (χ1) is 8.78. The van der Waals surface area contributed by atoms with Crippen LogP contribution in [0.25, 0.3) is 0 Å². The number of carbonyl (C=O) groups is 1. The van der Waals surface area contributed by atoms with E-state index in [1.165, 1.54) is 0 Å². The third-order valence-electron chi connectivity index (χ3n) is 2.91. The minimum Gasteiger partial charge on any atom is -0.444 e. The van der Waals surface area contributed by atoms with Crippen LogP contribution in [0.3, 0.4) is 0 Å². The van der Waals surface area contributed by atoms with Crippen LogP contribution in [0.1, 0.15) is 64.7 Å². The molecule has 1 amide bonds. The zero-order chi connectivity index (χ0) is 14.2. The number of carbonyl (C=O) groups excluding carboxylic acids is 1. The first-order valence-corrected chi connectivity index (χ1v) is 6.61. The lowest BCUT2D eigenvalue weighted by Gasteiger charge is -2.39. The number of aromatic nitrogens is 2. The number of hydrogen-bond donors (Lipinski definition) is 0. The van der Waals surface area contributed by atoms with Gasteiger partial charge in [0.2, 0.25) is 5.89 Å². The Balaban J connectivity index is 2.03. The van der Waals surface area contributed by atoms with Gasteiger partial charge in [-0.3, -0.25) is 4.90 Å². The molecule has 1 aliphatic rings. The third-order valence-corrected chi connectivity index (χ3v) is 2.91. The quantitative estimate of drug-likeness (QED) is 0.824. The predicted octanol–water partition coefficient (Wildman–Crippen LogP) is 2.87. The molecule has 0 aromatic carbocycles. The van der Waals surface area contributed by atoms with E-state index in [-0.39, 0.29) is 18.1 Å². The predicted molar refractivity (Wildman–Crippen MR) is 68.7 cm³/mol. The average molecular weight is 267 g/mol. The lowest BCUT2D eigenvalue weighted by Crippen LogP contribution is -2.47. The second-order valence-electron chi connectivity index (χ2n) is 6.12. The maximum absolute atomic E-state index is 12.0. The average Bonchev–Trinajstić information content (AvgIpc) is 2.61. The Kier molecular flexibility index (Phi) is 3.52. The second-order valence-corrected chi connectivity index (χ2v) is 6.12. The first-order valence-electron chi connectivity index (χ1n) is 6.61. The number of hydrogen-bond acceptors (Lipinski definition) is 5. The normalized spacial score (nSPS) is 19.5. The van der Waals surface area contributed by atoms with E-state index in [1.807, 2.05) is 34.6 Å². The van der Waals surface area contributed by atoms with E-state index in [2.05, 4.69) is 10.1 Å². The summed E-state index contributed by atoms with van der Waals surface area (Å²) in [5.41, 5.74) is -0.491. The van der Waals surface area contributed by atoms with Crippen LogP contribution in [0.2, 0.25) is 0 Å². The summed E-state index contributed by atoms with van der Waals surface area (Å²) < 4.78 is 10.6. The summed E-state index contributed by atoms with van der Waals surface area (Å²) >= 11 is 0. The molecule has 0 N–H and O–H groups in total. The fourth-order valence-corrected chi connectivity index (χ4v) is 1.80. The Labute approximate surface area is 113 Å². The molecule has 0 bridgehead atoms. The van der Waals surface area contributed by atoms with Crippen LogP contribution in [0, 0.1) is 0 Å². The smallest absolute Gasteiger partial charge is 0.410 e. The van der Waals surface area contributed by atoms with E-state index in [9.17, 15) is 4.79 Å². The van der Waals surface area contributed by atoms with Crippen molar-refractivity contribution in [1.82, 2.24) is 15.0 Å². The molecule has 19 heavy (non-hydrogen) atoms. The fraction of sp³-hybridized carbons (Fsp3) is 0.769. The van der Waals surface area contributed by atoms with Crippen molar-refractivity contribution in [2.24, 2.45) is 0 Å². The Morgan fingerprint density at radius 3 is 2.58 bits per heavy atom. The number of likely N-dealkylation sites (tertiary alicyclic amines) is 1. The highest BCUT2D eigenvalue weighted by atomic mass is 16.6. The molecule has 1 saturated heterocycles. The van der Waals surface area contributed by atoms with Crippen LogP contribution in [0.15, 0.2) is 4.52 Å². The number of amides is 1. The molecule has 0 saturated carbocycles. The monoisotopic (exact) mass is 267 g/mol. The minimum absolute atomic E-state index is 0.144. The topological polar surface area (TPSA) is 68.5 Å². The van der Waals surface area contributed by atoms with Crippen LogP contribution >= 0.6 is 0 Å². The van der Waals surface area contributed by atoms with E-state index < -0.39 is 5.60 Å². The van der Waals surface area contributed by atoms with Crippen LogP contribution in [-0.4, -0.2) is 33.3 Å². The molecule has 6 heteroatoms. The zero-order valence-corrected chi connectivity index (χ0v) is 12.1. The van der Waals surface area contributed by atoms with E-state index >= 15 is 0 Å². The SMILES string of the molecule is CC(C)c1noc(C2CCN2C(=O)OC(C)(C)C)n1. The molecule has 1 fully saturated rings. The molecule has 1 atom stereocenters. The zero-order valence-electron chi connectivity index (χ0n) is 12.1. The van der Waals surface area contributed by atoms with Crippen LogP contribution in [-0.2, 0) is 4.74 Å². The largest absolute Gasteiger partial charge is 0.444 e. The summed E-state index contributed by atoms with van der Waals surface area (Å²) in [5, 5.41) is 3.92. The lowest BCUT2D eigenvalue weighted by molar-refractivity contribution is -0.0119. The number of ether oxygens (including phenoxy) is 1. The van der Waals surface area contributed by atoms with Gasteiger partial charge >= 0.3 is 6.09 Å². The van der Waals surface area contributed by atoms with Crippen molar-refractivity contribution in [3.8, 4) is 0 Å². The standard InChI is InChI=1S/C13H21N3O3/c1-8(2)10-14-11(19-15-10)9-6-7-16(9)12(17)18-13(3,4)5/h8-9H,6-7H2,1-5H3. The molecule has 0 spiro atoms. The minimum atomic E-state index is -0.491. The van der Waals surface area contributed by atoms with Crippen molar-refractivity contribution in [3.05, 3.63) is 11.7 Å². The van der Waals surface area contributed by atoms with Crippen molar-refractivity contribution in [2.45, 2.75) is 58.6 Å². The fourth-order valence-electron chi connectivity index (χ4n) is 1.80. The highest BCUT2D eigenvalue weighted by Gasteiger charge is 2.39. The molecule has 1 aliphatic heterocycles. The number of rotatable bonds is 2.